The fraction of sp³-hybridized carbons (Fsp3) is 0.361. The van der Waals surface area contributed by atoms with E-state index in [2.05, 4.69) is 13.2 Å². The lowest BCUT2D eigenvalue weighted by Gasteiger charge is -2.37. The molecular formula is C36H39N3O4S. The van der Waals surface area contributed by atoms with Crippen molar-refractivity contribution < 1.29 is 19.5 Å². The molecule has 3 fully saturated rings. The minimum atomic E-state index is -0.720. The van der Waals surface area contributed by atoms with Crippen LogP contribution in [0.1, 0.15) is 25.7 Å². The maximum atomic E-state index is 14.8. The van der Waals surface area contributed by atoms with E-state index in [4.69, 9.17) is 0 Å². The van der Waals surface area contributed by atoms with Gasteiger partial charge in [-0.3, -0.25) is 14.4 Å². The Morgan fingerprint density at radius 1 is 0.909 bits per heavy atom. The number of hydrogen-bond acceptors (Lipinski definition) is 5. The largest absolute Gasteiger partial charge is 0.396 e. The molecule has 6 rings (SSSR count). The van der Waals surface area contributed by atoms with Gasteiger partial charge in [-0.05, 0) is 60.7 Å². The van der Waals surface area contributed by atoms with Crippen molar-refractivity contribution in [2.24, 2.45) is 11.8 Å². The van der Waals surface area contributed by atoms with Crippen molar-refractivity contribution in [1.29, 1.82) is 0 Å². The second-order valence-electron chi connectivity index (χ2n) is 11.9. The topological polar surface area (TPSA) is 81.2 Å². The summed E-state index contributed by atoms with van der Waals surface area (Å²) in [6, 6.07) is 22.8. The van der Waals surface area contributed by atoms with E-state index < -0.39 is 22.6 Å². The molecule has 0 aromatic heterocycles. The molecule has 2 unspecified atom stereocenters. The van der Waals surface area contributed by atoms with Crippen molar-refractivity contribution in [2.45, 2.75) is 41.7 Å². The van der Waals surface area contributed by atoms with Crippen LogP contribution in [-0.4, -0.2) is 70.0 Å². The molecule has 8 heteroatoms. The standard InChI is InChI=1S/C36H39N3O4S/c1-3-20-37(27-14-6-5-7-15-27)33(41)30-29-18-19-36(44-29)31(30)34(42)39(22-10-11-23-40)32(36)35(43)38(21-4-2)28-17-16-25-12-8-9-13-26(25)24-28/h3-9,12-17,24,29-32,40H,1-2,10-11,18-23H2/t29-,30+,31+,32?,36?/m1/s1. The number of para-hydroxylation sites is 1. The number of carbonyl (C=O) groups is 3. The molecule has 1 spiro atoms. The van der Waals surface area contributed by atoms with Gasteiger partial charge in [-0.1, -0.05) is 60.7 Å². The van der Waals surface area contributed by atoms with Crippen LogP contribution < -0.4 is 9.80 Å². The molecular weight excluding hydrogens is 570 g/mol. The molecule has 7 nitrogen and oxygen atoms in total. The number of fused-ring (bicyclic) bond motifs is 2. The second kappa shape index (κ2) is 12.6. The van der Waals surface area contributed by atoms with Gasteiger partial charge < -0.3 is 19.8 Å². The Morgan fingerprint density at radius 3 is 2.30 bits per heavy atom. The number of carbonyl (C=O) groups excluding carboxylic acids is 3. The van der Waals surface area contributed by atoms with E-state index in [1.54, 1.807) is 38.6 Å². The van der Waals surface area contributed by atoms with Gasteiger partial charge >= 0.3 is 0 Å². The van der Waals surface area contributed by atoms with Crippen LogP contribution in [0.15, 0.2) is 98.1 Å². The fourth-order valence-corrected chi connectivity index (χ4v) is 9.74. The molecule has 0 saturated carbocycles. The smallest absolute Gasteiger partial charge is 0.251 e. The van der Waals surface area contributed by atoms with E-state index in [-0.39, 0.29) is 29.6 Å². The molecule has 3 heterocycles. The minimum Gasteiger partial charge on any atom is -0.396 e. The van der Waals surface area contributed by atoms with Gasteiger partial charge in [-0.2, -0.15) is 0 Å². The van der Waals surface area contributed by atoms with Gasteiger partial charge in [0, 0.05) is 42.9 Å². The van der Waals surface area contributed by atoms with E-state index >= 15 is 0 Å². The Hall–Kier alpha value is -3.88. The molecule has 228 valence electrons. The van der Waals surface area contributed by atoms with Crippen molar-refractivity contribution in [3.05, 3.63) is 98.1 Å². The van der Waals surface area contributed by atoms with Gasteiger partial charge in [0.25, 0.3) is 5.91 Å². The van der Waals surface area contributed by atoms with E-state index in [0.717, 1.165) is 28.6 Å². The third-order valence-electron chi connectivity index (χ3n) is 9.39. The molecule has 3 aromatic carbocycles. The van der Waals surface area contributed by atoms with Crippen LogP contribution in [0.25, 0.3) is 10.8 Å². The zero-order valence-electron chi connectivity index (χ0n) is 24.9. The number of aliphatic hydroxyl groups is 1. The Morgan fingerprint density at radius 2 is 1.59 bits per heavy atom. The average molecular weight is 610 g/mol. The van der Waals surface area contributed by atoms with Crippen LogP contribution in [0.2, 0.25) is 0 Å². The normalized spacial score (nSPS) is 25.2. The number of aliphatic hydroxyl groups excluding tert-OH is 1. The summed E-state index contributed by atoms with van der Waals surface area (Å²) >= 11 is 1.67. The Kier molecular flexibility index (Phi) is 8.65. The molecule has 3 aliphatic rings. The van der Waals surface area contributed by atoms with Crippen LogP contribution in [0.3, 0.4) is 0 Å². The second-order valence-corrected chi connectivity index (χ2v) is 13.5. The van der Waals surface area contributed by atoms with Crippen LogP contribution in [-0.2, 0) is 14.4 Å². The van der Waals surface area contributed by atoms with Gasteiger partial charge in [0.15, 0.2) is 0 Å². The number of amides is 3. The molecule has 5 atom stereocenters. The van der Waals surface area contributed by atoms with E-state index in [1.165, 1.54) is 0 Å². The predicted molar refractivity (Wildman–Crippen MR) is 178 cm³/mol. The number of rotatable bonds is 12. The lowest BCUT2D eigenvalue weighted by Crippen LogP contribution is -2.55. The van der Waals surface area contributed by atoms with Crippen molar-refractivity contribution in [1.82, 2.24) is 4.90 Å². The quantitative estimate of drug-likeness (QED) is 0.219. The summed E-state index contributed by atoms with van der Waals surface area (Å²) in [5, 5.41) is 11.6. The Balaban J connectivity index is 1.39. The summed E-state index contributed by atoms with van der Waals surface area (Å²) in [5.41, 5.74) is 1.52. The maximum Gasteiger partial charge on any atom is 0.251 e. The van der Waals surface area contributed by atoms with Crippen molar-refractivity contribution >= 4 is 51.6 Å². The fourth-order valence-electron chi connectivity index (χ4n) is 7.53. The van der Waals surface area contributed by atoms with Crippen molar-refractivity contribution in [3.8, 4) is 0 Å². The summed E-state index contributed by atoms with van der Waals surface area (Å²) in [4.78, 5) is 48.9. The summed E-state index contributed by atoms with van der Waals surface area (Å²) < 4.78 is -0.703. The zero-order valence-corrected chi connectivity index (χ0v) is 25.7. The van der Waals surface area contributed by atoms with Gasteiger partial charge in [0.2, 0.25) is 11.8 Å². The first-order chi connectivity index (χ1) is 21.4. The highest BCUT2D eigenvalue weighted by atomic mass is 32.2. The van der Waals surface area contributed by atoms with Crippen LogP contribution >= 0.6 is 11.8 Å². The zero-order chi connectivity index (χ0) is 30.8. The molecule has 44 heavy (non-hydrogen) atoms. The summed E-state index contributed by atoms with van der Waals surface area (Å²) in [5.74, 6) is -1.49. The first kappa shape index (κ1) is 30.2. The highest BCUT2D eigenvalue weighted by Gasteiger charge is 2.74. The third-order valence-corrected chi connectivity index (χ3v) is 11.3. The number of likely N-dealkylation sites (tertiary alicyclic amines) is 1. The molecule has 3 amide bonds. The SMILES string of the molecule is C=CCN(C(=O)C1N(CCCCO)C(=O)[C@@H]2[C@@H](C(=O)N(CC=C)c3ccccc3)[C@H]3CCC12S3)c1ccc2ccccc2c1. The molecule has 3 saturated heterocycles. The summed E-state index contributed by atoms with van der Waals surface area (Å²) in [6.45, 7) is 8.83. The van der Waals surface area contributed by atoms with Gasteiger partial charge in [-0.15, -0.1) is 24.9 Å². The Bertz CT molecular complexity index is 1580. The third kappa shape index (κ3) is 5.04. The number of benzene rings is 3. The van der Waals surface area contributed by atoms with Crippen LogP contribution in [0.5, 0.6) is 0 Å². The first-order valence-corrected chi connectivity index (χ1v) is 16.3. The monoisotopic (exact) mass is 609 g/mol. The lowest BCUT2D eigenvalue weighted by molar-refractivity contribution is -0.139. The molecule has 1 N–H and O–H groups in total. The molecule has 0 radical (unpaired) electrons. The number of hydrogen-bond donors (Lipinski definition) is 1. The number of nitrogens with zero attached hydrogens (tertiary/aromatic N) is 3. The van der Waals surface area contributed by atoms with Crippen molar-refractivity contribution in [3.63, 3.8) is 0 Å². The number of anilines is 2. The molecule has 3 aromatic rings. The van der Waals surface area contributed by atoms with Gasteiger partial charge in [-0.25, -0.2) is 0 Å². The molecule has 0 aliphatic carbocycles. The van der Waals surface area contributed by atoms with E-state index in [9.17, 15) is 19.5 Å². The highest BCUT2D eigenvalue weighted by molar-refractivity contribution is 8.02. The lowest BCUT2D eigenvalue weighted by atomic mass is 9.70. The first-order valence-electron chi connectivity index (χ1n) is 15.4. The van der Waals surface area contributed by atoms with Crippen LogP contribution in [0.4, 0.5) is 11.4 Å². The summed E-state index contributed by atoms with van der Waals surface area (Å²) in [7, 11) is 0. The minimum absolute atomic E-state index is 0.0143. The van der Waals surface area contributed by atoms with Crippen LogP contribution in [0, 0.1) is 11.8 Å². The average Bonchev–Trinajstić information content (AvgIpc) is 3.69. The van der Waals surface area contributed by atoms with Gasteiger partial charge in [0.1, 0.15) is 6.04 Å². The number of unbranched alkanes of at least 4 members (excludes halogenated alkanes) is 1. The van der Waals surface area contributed by atoms with E-state index in [0.29, 0.717) is 38.9 Å². The molecule has 3 aliphatic heterocycles. The Labute approximate surface area is 263 Å². The van der Waals surface area contributed by atoms with Crippen molar-refractivity contribution in [2.75, 3.05) is 36.0 Å². The van der Waals surface area contributed by atoms with Gasteiger partial charge in [0.05, 0.1) is 16.6 Å². The number of thioether (sulfide) groups is 1. The predicted octanol–water partition coefficient (Wildman–Crippen LogP) is 5.44. The van der Waals surface area contributed by atoms with E-state index in [1.807, 2.05) is 72.8 Å². The summed E-state index contributed by atoms with van der Waals surface area (Å²) in [6.07, 6.45) is 6.00. The maximum absolute atomic E-state index is 14.8. The molecule has 2 bridgehead atoms. The highest BCUT2D eigenvalue weighted by Crippen LogP contribution is 2.67.